The Bertz CT molecular complexity index is 1520. The van der Waals surface area contributed by atoms with Crippen LogP contribution in [-0.4, -0.2) is 14.7 Å². The maximum Gasteiger partial charge on any atom is 0.174 e. The molecule has 5 aromatic rings. The van der Waals surface area contributed by atoms with Gasteiger partial charge in [-0.2, -0.15) is 0 Å². The highest BCUT2D eigenvalue weighted by Gasteiger charge is 2.41. The number of hydrogen-bond donors (Lipinski definition) is 1. The maximum atomic E-state index is 6.13. The molecule has 0 spiro atoms. The van der Waals surface area contributed by atoms with Gasteiger partial charge in [0, 0.05) is 30.0 Å². The van der Waals surface area contributed by atoms with E-state index in [0.717, 1.165) is 39.7 Å². The monoisotopic (exact) mass is 502 g/mol. The Morgan fingerprint density at radius 1 is 0.811 bits per heavy atom. The van der Waals surface area contributed by atoms with Crippen molar-refractivity contribution in [1.82, 2.24) is 14.9 Å². The number of rotatable bonds is 6. The van der Waals surface area contributed by atoms with E-state index in [1.54, 1.807) is 0 Å². The average Bonchev–Trinajstić information content (AvgIpc) is 3.56. The van der Waals surface area contributed by atoms with Crippen LogP contribution < -0.4 is 15.0 Å². The molecule has 3 heterocycles. The van der Waals surface area contributed by atoms with Gasteiger partial charge in [-0.05, 0) is 90.9 Å². The lowest BCUT2D eigenvalue weighted by molar-refractivity contribution is 0.479. The van der Waals surface area contributed by atoms with Crippen LogP contribution in [-0.2, 0) is 0 Å². The Kier molecular flexibility index (Phi) is 6.16. The maximum absolute atomic E-state index is 6.13. The molecule has 1 fully saturated rings. The third-order valence-electron chi connectivity index (χ3n) is 6.65. The Labute approximate surface area is 222 Å². The van der Waals surface area contributed by atoms with Crippen LogP contribution in [0.5, 0.6) is 11.5 Å². The molecule has 1 N–H and O–H groups in total. The standard InChI is InChI=1S/C31H26N4OS/c1-22-9-5-6-13-28(22)36-26-16-14-25(15-17-26)35-30(29(33-31(35)37)27-12-7-8-19-32-27)23-18-20-34(21-23)24-10-3-2-4-11-24/h2-21,29-30H,1H3,(H,33,37)/t29-,30-/m0/s1. The fourth-order valence-electron chi connectivity index (χ4n) is 4.79. The van der Waals surface area contributed by atoms with Crippen molar-refractivity contribution in [2.24, 2.45) is 0 Å². The first-order valence-corrected chi connectivity index (χ1v) is 12.7. The number of hydrogen-bond acceptors (Lipinski definition) is 3. The van der Waals surface area contributed by atoms with E-state index < -0.39 is 0 Å². The first-order valence-electron chi connectivity index (χ1n) is 12.2. The lowest BCUT2D eigenvalue weighted by atomic mass is 9.98. The minimum absolute atomic E-state index is 0.0736. The van der Waals surface area contributed by atoms with Crippen LogP contribution >= 0.6 is 12.2 Å². The van der Waals surface area contributed by atoms with Gasteiger partial charge in [0.2, 0.25) is 0 Å². The van der Waals surface area contributed by atoms with Gasteiger partial charge >= 0.3 is 0 Å². The van der Waals surface area contributed by atoms with Crippen molar-refractivity contribution in [3.05, 3.63) is 139 Å². The second kappa shape index (κ2) is 9.91. The fraction of sp³-hybridized carbons (Fsp3) is 0.0968. The Balaban J connectivity index is 1.36. The van der Waals surface area contributed by atoms with Gasteiger partial charge in [0.15, 0.2) is 5.11 Å². The molecule has 6 rings (SSSR count). The zero-order valence-corrected chi connectivity index (χ0v) is 21.2. The predicted octanol–water partition coefficient (Wildman–Crippen LogP) is 7.15. The normalized spacial score (nSPS) is 17.0. The van der Waals surface area contributed by atoms with E-state index in [9.17, 15) is 0 Å². The summed E-state index contributed by atoms with van der Waals surface area (Å²) in [7, 11) is 0. The largest absolute Gasteiger partial charge is 0.457 e. The summed E-state index contributed by atoms with van der Waals surface area (Å²) in [6.45, 7) is 2.04. The van der Waals surface area contributed by atoms with E-state index in [-0.39, 0.29) is 12.1 Å². The molecular formula is C31H26N4OS. The van der Waals surface area contributed by atoms with Crippen molar-refractivity contribution in [2.45, 2.75) is 19.0 Å². The smallest absolute Gasteiger partial charge is 0.174 e. The molecule has 37 heavy (non-hydrogen) atoms. The molecule has 3 aromatic carbocycles. The highest BCUT2D eigenvalue weighted by Crippen LogP contribution is 2.42. The predicted molar refractivity (Wildman–Crippen MR) is 151 cm³/mol. The second-order valence-electron chi connectivity index (χ2n) is 9.05. The second-order valence-corrected chi connectivity index (χ2v) is 9.43. The summed E-state index contributed by atoms with van der Waals surface area (Å²) in [5, 5.41) is 4.20. The zero-order chi connectivity index (χ0) is 25.2. The summed E-state index contributed by atoms with van der Waals surface area (Å²) in [5.74, 6) is 1.63. The molecule has 6 heteroatoms. The van der Waals surface area contributed by atoms with E-state index in [2.05, 4.69) is 62.5 Å². The molecule has 0 bridgehead atoms. The van der Waals surface area contributed by atoms with Gasteiger partial charge in [-0.15, -0.1) is 0 Å². The summed E-state index contributed by atoms with van der Waals surface area (Å²) in [4.78, 5) is 6.84. The number of anilines is 1. The zero-order valence-electron chi connectivity index (χ0n) is 20.4. The number of ether oxygens (including phenoxy) is 1. The molecule has 2 atom stereocenters. The Morgan fingerprint density at radius 3 is 2.32 bits per heavy atom. The van der Waals surface area contributed by atoms with Crippen molar-refractivity contribution in [1.29, 1.82) is 0 Å². The number of pyridine rings is 1. The van der Waals surface area contributed by atoms with E-state index >= 15 is 0 Å². The average molecular weight is 503 g/mol. The minimum atomic E-state index is -0.0942. The van der Waals surface area contributed by atoms with Gasteiger partial charge in [0.25, 0.3) is 0 Å². The van der Waals surface area contributed by atoms with Crippen molar-refractivity contribution in [3.8, 4) is 17.2 Å². The van der Waals surface area contributed by atoms with Crippen LogP contribution in [0.25, 0.3) is 5.69 Å². The number of aromatic nitrogens is 2. The van der Waals surface area contributed by atoms with Gasteiger partial charge < -0.3 is 19.5 Å². The van der Waals surface area contributed by atoms with Crippen LogP contribution in [0, 0.1) is 6.92 Å². The number of nitrogens with one attached hydrogen (secondary N) is 1. The number of aryl methyl sites for hydroxylation is 1. The summed E-state index contributed by atoms with van der Waals surface area (Å²) in [6, 6.07) is 34.4. The highest BCUT2D eigenvalue weighted by atomic mass is 32.1. The SMILES string of the molecule is Cc1ccccc1Oc1ccc(N2C(=S)N[C@@H](c3ccccn3)[C@@H]2c2ccn(-c3ccccc3)c2)cc1. The third kappa shape index (κ3) is 4.59. The number of para-hydroxylation sites is 2. The molecular weight excluding hydrogens is 476 g/mol. The molecule has 0 unspecified atom stereocenters. The van der Waals surface area contributed by atoms with E-state index in [1.807, 2.05) is 85.9 Å². The molecule has 0 radical (unpaired) electrons. The molecule has 1 aliphatic rings. The fourth-order valence-corrected chi connectivity index (χ4v) is 5.14. The number of benzene rings is 3. The topological polar surface area (TPSA) is 42.3 Å². The molecule has 182 valence electrons. The summed E-state index contributed by atoms with van der Waals surface area (Å²) in [6.07, 6.45) is 6.10. The molecule has 1 saturated heterocycles. The van der Waals surface area contributed by atoms with E-state index in [4.69, 9.17) is 17.0 Å². The van der Waals surface area contributed by atoms with Gasteiger partial charge in [0.1, 0.15) is 11.5 Å². The minimum Gasteiger partial charge on any atom is -0.457 e. The lowest BCUT2D eigenvalue weighted by Crippen LogP contribution is -2.29. The van der Waals surface area contributed by atoms with E-state index in [1.165, 1.54) is 0 Å². The third-order valence-corrected chi connectivity index (χ3v) is 6.96. The van der Waals surface area contributed by atoms with Crippen LogP contribution in [0.3, 0.4) is 0 Å². The van der Waals surface area contributed by atoms with Gasteiger partial charge in [-0.3, -0.25) is 4.98 Å². The van der Waals surface area contributed by atoms with Gasteiger partial charge in [-0.1, -0.05) is 42.5 Å². The van der Waals surface area contributed by atoms with Gasteiger partial charge in [0.05, 0.1) is 17.8 Å². The van der Waals surface area contributed by atoms with Crippen LogP contribution in [0.4, 0.5) is 5.69 Å². The Hall–Kier alpha value is -4.42. The van der Waals surface area contributed by atoms with Crippen LogP contribution in [0.2, 0.25) is 0 Å². The highest BCUT2D eigenvalue weighted by molar-refractivity contribution is 7.80. The molecule has 1 aliphatic heterocycles. The van der Waals surface area contributed by atoms with Crippen LogP contribution in [0.1, 0.15) is 28.9 Å². The molecule has 0 saturated carbocycles. The number of thiocarbonyl (C=S) groups is 1. The summed E-state index contributed by atoms with van der Waals surface area (Å²) < 4.78 is 8.27. The van der Waals surface area contributed by atoms with Gasteiger partial charge in [-0.25, -0.2) is 0 Å². The van der Waals surface area contributed by atoms with Crippen molar-refractivity contribution >= 4 is 23.0 Å². The van der Waals surface area contributed by atoms with E-state index in [0.29, 0.717) is 5.11 Å². The first-order chi connectivity index (χ1) is 18.2. The van der Waals surface area contributed by atoms with Crippen molar-refractivity contribution < 1.29 is 4.74 Å². The number of nitrogens with zero attached hydrogens (tertiary/aromatic N) is 3. The molecule has 0 amide bonds. The molecule has 2 aromatic heterocycles. The first kappa shape index (κ1) is 23.0. The Morgan fingerprint density at radius 2 is 1.57 bits per heavy atom. The quantitative estimate of drug-likeness (QED) is 0.250. The molecule has 5 nitrogen and oxygen atoms in total. The molecule has 0 aliphatic carbocycles. The van der Waals surface area contributed by atoms with Crippen LogP contribution in [0.15, 0.2) is 122 Å². The van der Waals surface area contributed by atoms with Crippen molar-refractivity contribution in [2.75, 3.05) is 4.90 Å². The summed E-state index contributed by atoms with van der Waals surface area (Å²) >= 11 is 5.88. The lowest BCUT2D eigenvalue weighted by Gasteiger charge is -2.27. The summed E-state index contributed by atoms with van der Waals surface area (Å²) in [5.41, 5.74) is 5.29. The van der Waals surface area contributed by atoms with Crippen molar-refractivity contribution in [3.63, 3.8) is 0 Å².